The number of amides is 1. The number of benzene rings is 1. The quantitative estimate of drug-likeness (QED) is 0.461. The zero-order valence-electron chi connectivity index (χ0n) is 17.2. The Bertz CT molecular complexity index is 715. The minimum atomic E-state index is -0.504. The van der Waals surface area contributed by atoms with E-state index >= 15 is 0 Å². The molecule has 1 aromatic rings. The fraction of sp³-hybridized carbons (Fsp3) is 0.409. The van der Waals surface area contributed by atoms with Crippen LogP contribution in [0.2, 0.25) is 0 Å². The van der Waals surface area contributed by atoms with E-state index in [0.29, 0.717) is 19.4 Å². The summed E-state index contributed by atoms with van der Waals surface area (Å²) < 4.78 is 9.97. The van der Waals surface area contributed by atoms with Gasteiger partial charge in [-0.3, -0.25) is 9.79 Å². The molecule has 1 saturated heterocycles. The number of esters is 1. The van der Waals surface area contributed by atoms with Crippen molar-refractivity contribution in [3.05, 3.63) is 54.2 Å². The van der Waals surface area contributed by atoms with Crippen LogP contribution in [0.1, 0.15) is 44.7 Å². The fourth-order valence-corrected chi connectivity index (χ4v) is 2.33. The Morgan fingerprint density at radius 1 is 1.36 bits per heavy atom. The number of carbonyl (C=O) groups is 2. The van der Waals surface area contributed by atoms with Crippen LogP contribution in [-0.2, 0) is 14.3 Å². The van der Waals surface area contributed by atoms with Gasteiger partial charge in [0.15, 0.2) is 0 Å². The average Bonchev–Trinajstić information content (AvgIpc) is 3.03. The predicted octanol–water partition coefficient (Wildman–Crippen LogP) is 4.44. The van der Waals surface area contributed by atoms with Crippen molar-refractivity contribution in [1.82, 2.24) is 5.32 Å². The molecule has 0 spiro atoms. The zero-order valence-corrected chi connectivity index (χ0v) is 17.2. The molecule has 1 aromatic carbocycles. The number of cyclic esters (lactones) is 1. The molecule has 0 saturated carbocycles. The Hall–Kier alpha value is -2.89. The van der Waals surface area contributed by atoms with Gasteiger partial charge in [-0.25, -0.2) is 4.79 Å². The summed E-state index contributed by atoms with van der Waals surface area (Å²) in [5, 5.41) is 2.56. The van der Waals surface area contributed by atoms with Crippen molar-refractivity contribution >= 4 is 24.4 Å². The fourth-order valence-electron chi connectivity index (χ4n) is 2.33. The Labute approximate surface area is 167 Å². The number of aliphatic imine (C=N–C) groups is 1. The Morgan fingerprint density at radius 2 is 2.00 bits per heavy atom. The number of nitrogens with one attached hydrogen (secondary N) is 1. The maximum absolute atomic E-state index is 11.2. The van der Waals surface area contributed by atoms with Crippen LogP contribution in [0.5, 0.6) is 0 Å². The number of rotatable bonds is 5. The van der Waals surface area contributed by atoms with E-state index < -0.39 is 11.7 Å². The van der Waals surface area contributed by atoms with E-state index in [4.69, 9.17) is 9.47 Å². The summed E-state index contributed by atoms with van der Waals surface area (Å²) in [6.45, 7) is 14.9. The molecule has 0 aliphatic carbocycles. The van der Waals surface area contributed by atoms with Crippen LogP contribution in [0.4, 0.5) is 4.79 Å². The minimum Gasteiger partial charge on any atom is -0.460 e. The van der Waals surface area contributed by atoms with Crippen molar-refractivity contribution in [2.45, 2.75) is 52.2 Å². The van der Waals surface area contributed by atoms with E-state index in [-0.39, 0.29) is 12.1 Å². The number of alkyl carbamates (subject to hydrolysis) is 1. The molecule has 1 fully saturated rings. The first kappa shape index (κ1) is 23.1. The number of hydrogen-bond acceptors (Lipinski definition) is 5. The summed E-state index contributed by atoms with van der Waals surface area (Å²) in [5.41, 5.74) is 2.86. The van der Waals surface area contributed by atoms with Crippen molar-refractivity contribution in [2.75, 3.05) is 6.54 Å². The number of hydrogen-bond donors (Lipinski definition) is 1. The molecule has 28 heavy (non-hydrogen) atoms. The van der Waals surface area contributed by atoms with Gasteiger partial charge in [0, 0.05) is 12.6 Å². The second-order valence-corrected chi connectivity index (χ2v) is 7.37. The van der Waals surface area contributed by atoms with Gasteiger partial charge >= 0.3 is 12.1 Å². The van der Waals surface area contributed by atoms with Crippen molar-refractivity contribution in [3.63, 3.8) is 0 Å². The molecule has 1 aliphatic rings. The Balaban J connectivity index is 0.000000283. The lowest BCUT2D eigenvalue weighted by Gasteiger charge is -2.20. The molecule has 1 atom stereocenters. The number of allylic oxidation sites excluding steroid dienone is 2. The van der Waals surface area contributed by atoms with Crippen LogP contribution < -0.4 is 5.32 Å². The molecule has 2 rings (SSSR count). The second kappa shape index (κ2) is 11.1. The lowest BCUT2D eigenvalue weighted by atomic mass is 10.1. The molecule has 6 heteroatoms. The van der Waals surface area contributed by atoms with Crippen LogP contribution in [0.15, 0.2) is 48.1 Å². The molecule has 0 aromatic heterocycles. The third-order valence-corrected chi connectivity index (χ3v) is 3.68. The van der Waals surface area contributed by atoms with Gasteiger partial charge < -0.3 is 14.8 Å². The third kappa shape index (κ3) is 9.16. The van der Waals surface area contributed by atoms with E-state index in [1.807, 2.05) is 12.1 Å². The summed E-state index contributed by atoms with van der Waals surface area (Å²) >= 11 is 0. The highest BCUT2D eigenvalue weighted by atomic mass is 16.6. The van der Waals surface area contributed by atoms with Crippen molar-refractivity contribution in [2.24, 2.45) is 4.99 Å². The maximum atomic E-state index is 11.2. The van der Waals surface area contributed by atoms with Crippen LogP contribution in [-0.4, -0.2) is 37.0 Å². The third-order valence-electron chi connectivity index (χ3n) is 3.68. The van der Waals surface area contributed by atoms with Gasteiger partial charge in [0.2, 0.25) is 0 Å². The summed E-state index contributed by atoms with van der Waals surface area (Å²) in [4.78, 5) is 25.7. The van der Waals surface area contributed by atoms with E-state index in [0.717, 1.165) is 11.1 Å². The van der Waals surface area contributed by atoms with Gasteiger partial charge in [0.25, 0.3) is 0 Å². The lowest BCUT2D eigenvalue weighted by molar-refractivity contribution is -0.141. The Morgan fingerprint density at radius 3 is 2.46 bits per heavy atom. The van der Waals surface area contributed by atoms with Crippen molar-refractivity contribution in [3.8, 4) is 0 Å². The van der Waals surface area contributed by atoms with Gasteiger partial charge in [-0.1, -0.05) is 42.5 Å². The molecule has 1 amide bonds. The van der Waals surface area contributed by atoms with Crippen LogP contribution in [0.3, 0.4) is 0 Å². The van der Waals surface area contributed by atoms with Crippen molar-refractivity contribution in [1.29, 1.82) is 0 Å². The first-order valence-electron chi connectivity index (χ1n) is 9.16. The van der Waals surface area contributed by atoms with E-state index in [1.165, 1.54) is 5.56 Å². The summed E-state index contributed by atoms with van der Waals surface area (Å²) in [7, 11) is 0. The number of ether oxygens (including phenoxy) is 2. The van der Waals surface area contributed by atoms with Crippen molar-refractivity contribution < 1.29 is 19.1 Å². The molecule has 1 aliphatic heterocycles. The normalized spacial score (nSPS) is 16.4. The molecule has 0 bridgehead atoms. The standard InChI is InChI=1S/C12H13N.C10H17NO4/c1-4-11(9-13-3)12-7-5-10(2)6-8-12;1-10(2,3)15-9(13)11-6-7-4-5-8(12)14-7/h4-9H,1,3H2,2H3;7H,4-6H2,1-3H3,(H,11,13)/b11-9+;/t;7-/m.0/s1. The van der Waals surface area contributed by atoms with E-state index in [2.05, 4.69) is 42.7 Å². The molecule has 0 radical (unpaired) electrons. The van der Waals surface area contributed by atoms with E-state index in [1.54, 1.807) is 33.0 Å². The molecule has 0 unspecified atom stereocenters. The smallest absolute Gasteiger partial charge is 0.407 e. The van der Waals surface area contributed by atoms with Gasteiger partial charge in [-0.05, 0) is 52.0 Å². The summed E-state index contributed by atoms with van der Waals surface area (Å²) in [6.07, 6.45) is 3.89. The van der Waals surface area contributed by atoms with Crippen LogP contribution >= 0.6 is 0 Å². The van der Waals surface area contributed by atoms with Gasteiger partial charge in [-0.15, -0.1) is 0 Å². The van der Waals surface area contributed by atoms with Crippen LogP contribution in [0, 0.1) is 6.92 Å². The van der Waals surface area contributed by atoms with Crippen LogP contribution in [0.25, 0.3) is 5.57 Å². The van der Waals surface area contributed by atoms with E-state index in [9.17, 15) is 9.59 Å². The lowest BCUT2D eigenvalue weighted by Crippen LogP contribution is -2.36. The van der Waals surface area contributed by atoms with Gasteiger partial charge in [0.05, 0.1) is 6.54 Å². The first-order chi connectivity index (χ1) is 13.1. The average molecular weight is 386 g/mol. The zero-order chi connectivity index (χ0) is 21.2. The largest absolute Gasteiger partial charge is 0.460 e. The SMILES string of the molecule is C=C/C(=C\N=C)c1ccc(C)cc1.CC(C)(C)OC(=O)NC[C@@H]1CCC(=O)O1. The van der Waals surface area contributed by atoms with Gasteiger partial charge in [-0.2, -0.15) is 0 Å². The topological polar surface area (TPSA) is 77.0 Å². The number of aryl methyl sites for hydroxylation is 1. The summed E-state index contributed by atoms with van der Waals surface area (Å²) in [6, 6.07) is 8.23. The monoisotopic (exact) mass is 386 g/mol. The molecular weight excluding hydrogens is 356 g/mol. The first-order valence-corrected chi connectivity index (χ1v) is 9.16. The highest BCUT2D eigenvalue weighted by Crippen LogP contribution is 2.16. The molecule has 152 valence electrons. The highest BCUT2D eigenvalue weighted by molar-refractivity contribution is 5.73. The molecular formula is C22H30N2O4. The second-order valence-electron chi connectivity index (χ2n) is 7.37. The highest BCUT2D eigenvalue weighted by Gasteiger charge is 2.24. The molecule has 1 N–H and O–H groups in total. The minimum absolute atomic E-state index is 0.203. The summed E-state index contributed by atoms with van der Waals surface area (Å²) in [5.74, 6) is -0.203. The maximum Gasteiger partial charge on any atom is 0.407 e. The number of nitrogens with zero attached hydrogens (tertiary/aromatic N) is 1. The Kier molecular flexibility index (Phi) is 9.15. The molecule has 1 heterocycles. The molecule has 6 nitrogen and oxygen atoms in total. The predicted molar refractivity (Wildman–Crippen MR) is 112 cm³/mol. The number of carbonyl (C=O) groups excluding carboxylic acids is 2. The van der Waals surface area contributed by atoms with Gasteiger partial charge in [0.1, 0.15) is 11.7 Å².